The molecule has 0 aliphatic carbocycles. The van der Waals surface area contributed by atoms with Crippen LogP contribution in [0.2, 0.25) is 0 Å². The van der Waals surface area contributed by atoms with Crippen LogP contribution in [0.1, 0.15) is 23.2 Å². The number of benzene rings is 3. The lowest BCUT2D eigenvalue weighted by atomic mass is 10.0. The van der Waals surface area contributed by atoms with Gasteiger partial charge in [-0.2, -0.15) is 0 Å². The van der Waals surface area contributed by atoms with Gasteiger partial charge in [-0.15, -0.1) is 0 Å². The normalized spacial score (nSPS) is 15.5. The van der Waals surface area contributed by atoms with Crippen molar-refractivity contribution in [1.29, 1.82) is 0 Å². The molecule has 33 heavy (non-hydrogen) atoms. The van der Waals surface area contributed by atoms with Crippen LogP contribution in [0.4, 0.5) is 0 Å². The summed E-state index contributed by atoms with van der Waals surface area (Å²) in [6, 6.07) is 26.4. The van der Waals surface area contributed by atoms with E-state index in [4.69, 9.17) is 9.47 Å². The van der Waals surface area contributed by atoms with Gasteiger partial charge in [-0.25, -0.2) is 0 Å². The molecule has 1 aliphatic heterocycles. The summed E-state index contributed by atoms with van der Waals surface area (Å²) in [5.74, 6) is 2.18. The Morgan fingerprint density at radius 3 is 2.12 bits per heavy atom. The highest BCUT2D eigenvalue weighted by atomic mass is 16.5. The second-order valence-corrected chi connectivity index (χ2v) is 8.27. The second-order valence-electron chi connectivity index (χ2n) is 8.27. The number of β-amino-alcohol motifs (C(OH)–C–C–N with tert-alkyl or cyclic N) is 1. The average molecular weight is 447 g/mol. The summed E-state index contributed by atoms with van der Waals surface area (Å²) < 4.78 is 11.5. The molecule has 0 bridgehead atoms. The van der Waals surface area contributed by atoms with Gasteiger partial charge in [0.1, 0.15) is 30.0 Å². The van der Waals surface area contributed by atoms with Crippen LogP contribution in [-0.2, 0) is 0 Å². The average Bonchev–Trinajstić information content (AvgIpc) is 2.86. The number of aliphatic hydroxyl groups is 1. The number of ether oxygens (including phenoxy) is 2. The van der Waals surface area contributed by atoms with E-state index >= 15 is 0 Å². The lowest BCUT2D eigenvalue weighted by Crippen LogP contribution is -2.47. The highest BCUT2D eigenvalue weighted by molar-refractivity contribution is 5.94. The summed E-state index contributed by atoms with van der Waals surface area (Å²) in [6.45, 7) is 2.45. The largest absolute Gasteiger partial charge is 0.491 e. The van der Waals surface area contributed by atoms with Gasteiger partial charge in [0.25, 0.3) is 5.91 Å². The van der Waals surface area contributed by atoms with E-state index < -0.39 is 6.10 Å². The number of nitrogens with one attached hydrogen (secondary N) is 1. The molecular formula is C27H30N2O4. The number of carbonyl (C=O) groups excluding carboxylic acids is 1. The molecule has 6 heteroatoms. The van der Waals surface area contributed by atoms with Crippen LogP contribution in [0.3, 0.4) is 0 Å². The monoisotopic (exact) mass is 446 g/mol. The Bertz CT molecular complexity index is 988. The molecular weight excluding hydrogens is 416 g/mol. The molecule has 0 radical (unpaired) electrons. The zero-order valence-corrected chi connectivity index (χ0v) is 18.6. The smallest absolute Gasteiger partial charge is 0.251 e. The van der Waals surface area contributed by atoms with Crippen molar-refractivity contribution in [3.63, 3.8) is 0 Å². The Morgan fingerprint density at radius 2 is 1.45 bits per heavy atom. The fourth-order valence-corrected chi connectivity index (χ4v) is 3.89. The summed E-state index contributed by atoms with van der Waals surface area (Å²) in [7, 11) is 0. The van der Waals surface area contributed by atoms with Gasteiger partial charge < -0.3 is 24.8 Å². The Balaban J connectivity index is 1.15. The number of hydrogen-bond acceptors (Lipinski definition) is 5. The third kappa shape index (κ3) is 7.07. The maximum Gasteiger partial charge on any atom is 0.251 e. The number of nitrogens with zero attached hydrogens (tertiary/aromatic N) is 1. The molecule has 3 aromatic carbocycles. The van der Waals surface area contributed by atoms with Gasteiger partial charge in [-0.05, 0) is 61.4 Å². The lowest BCUT2D eigenvalue weighted by molar-refractivity contribution is 0.0568. The topological polar surface area (TPSA) is 71.0 Å². The van der Waals surface area contributed by atoms with Gasteiger partial charge in [0.15, 0.2) is 0 Å². The number of rotatable bonds is 9. The van der Waals surface area contributed by atoms with E-state index in [1.165, 1.54) is 0 Å². The van der Waals surface area contributed by atoms with Crippen molar-refractivity contribution in [3.8, 4) is 17.2 Å². The fourth-order valence-electron chi connectivity index (χ4n) is 3.89. The van der Waals surface area contributed by atoms with Crippen LogP contribution < -0.4 is 14.8 Å². The predicted molar refractivity (Wildman–Crippen MR) is 128 cm³/mol. The van der Waals surface area contributed by atoms with Crippen molar-refractivity contribution in [3.05, 3.63) is 90.5 Å². The van der Waals surface area contributed by atoms with Crippen LogP contribution in [-0.4, -0.2) is 54.3 Å². The molecule has 172 valence electrons. The van der Waals surface area contributed by atoms with Crippen LogP contribution >= 0.6 is 0 Å². The highest BCUT2D eigenvalue weighted by Gasteiger charge is 2.22. The number of piperidine rings is 1. The molecule has 0 saturated carbocycles. The quantitative estimate of drug-likeness (QED) is 0.518. The Kier molecular flexibility index (Phi) is 7.95. The van der Waals surface area contributed by atoms with E-state index in [0.717, 1.165) is 37.4 Å². The van der Waals surface area contributed by atoms with E-state index in [0.29, 0.717) is 17.9 Å². The first-order valence-corrected chi connectivity index (χ1v) is 11.4. The van der Waals surface area contributed by atoms with Gasteiger partial charge in [0.05, 0.1) is 0 Å². The Morgan fingerprint density at radius 1 is 0.879 bits per heavy atom. The molecule has 1 aliphatic rings. The van der Waals surface area contributed by atoms with Crippen LogP contribution in [0.5, 0.6) is 17.2 Å². The summed E-state index contributed by atoms with van der Waals surface area (Å²) in [6.07, 6.45) is 1.16. The molecule has 6 nitrogen and oxygen atoms in total. The third-order valence-corrected chi connectivity index (χ3v) is 5.67. The molecule has 1 saturated heterocycles. The minimum Gasteiger partial charge on any atom is -0.491 e. The summed E-state index contributed by atoms with van der Waals surface area (Å²) in [5, 5.41) is 13.5. The molecule has 1 unspecified atom stereocenters. The Hall–Kier alpha value is -3.35. The van der Waals surface area contributed by atoms with Gasteiger partial charge in [-0.3, -0.25) is 4.79 Å². The molecule has 1 fully saturated rings. The summed E-state index contributed by atoms with van der Waals surface area (Å²) in [4.78, 5) is 14.5. The van der Waals surface area contributed by atoms with Gasteiger partial charge >= 0.3 is 0 Å². The lowest BCUT2D eigenvalue weighted by Gasteiger charge is -2.33. The Labute approximate surface area is 194 Å². The van der Waals surface area contributed by atoms with Crippen molar-refractivity contribution < 1.29 is 19.4 Å². The first-order valence-electron chi connectivity index (χ1n) is 11.4. The van der Waals surface area contributed by atoms with Gasteiger partial charge in [0, 0.05) is 31.2 Å². The number of amides is 1. The maximum absolute atomic E-state index is 12.3. The zero-order valence-electron chi connectivity index (χ0n) is 18.6. The van der Waals surface area contributed by atoms with Crippen LogP contribution in [0.15, 0.2) is 84.9 Å². The van der Waals surface area contributed by atoms with E-state index in [2.05, 4.69) is 10.2 Å². The SMILES string of the molecule is O=C(NC1CCN(CC(O)COc2ccc(Oc3ccccc3)cc2)CC1)c1ccccc1. The predicted octanol–water partition coefficient (Wildman–Crippen LogP) is 4.11. The third-order valence-electron chi connectivity index (χ3n) is 5.67. The standard InChI is InChI=1S/C27H30N2O4/c30-23(20-32-24-11-13-26(14-12-24)33-25-9-5-2-6-10-25)19-29-17-15-22(16-18-29)28-27(31)21-7-3-1-4-8-21/h1-14,22-23,30H,15-20H2,(H,28,31). The molecule has 1 amide bonds. The molecule has 1 atom stereocenters. The van der Waals surface area contributed by atoms with Crippen LogP contribution in [0.25, 0.3) is 0 Å². The van der Waals surface area contributed by atoms with E-state index in [1.807, 2.05) is 84.9 Å². The fraction of sp³-hybridized carbons (Fsp3) is 0.296. The van der Waals surface area contributed by atoms with E-state index in [-0.39, 0.29) is 18.6 Å². The maximum atomic E-state index is 12.3. The number of aliphatic hydroxyl groups excluding tert-OH is 1. The summed E-state index contributed by atoms with van der Waals surface area (Å²) in [5.41, 5.74) is 0.687. The van der Waals surface area contributed by atoms with E-state index in [9.17, 15) is 9.90 Å². The van der Waals surface area contributed by atoms with Crippen molar-refractivity contribution in [2.45, 2.75) is 25.0 Å². The van der Waals surface area contributed by atoms with E-state index in [1.54, 1.807) is 0 Å². The molecule has 3 aromatic rings. The van der Waals surface area contributed by atoms with Crippen LogP contribution in [0, 0.1) is 0 Å². The first-order chi connectivity index (χ1) is 16.2. The number of likely N-dealkylation sites (tertiary alicyclic amines) is 1. The minimum absolute atomic E-state index is 0.0253. The van der Waals surface area contributed by atoms with Gasteiger partial charge in [-0.1, -0.05) is 36.4 Å². The zero-order chi connectivity index (χ0) is 22.9. The first kappa shape index (κ1) is 22.8. The van der Waals surface area contributed by atoms with Crippen molar-refractivity contribution in [2.75, 3.05) is 26.2 Å². The highest BCUT2D eigenvalue weighted by Crippen LogP contribution is 2.23. The second kappa shape index (κ2) is 11.5. The number of para-hydroxylation sites is 1. The molecule has 2 N–H and O–H groups in total. The van der Waals surface area contributed by atoms with Crippen molar-refractivity contribution in [1.82, 2.24) is 10.2 Å². The molecule has 4 rings (SSSR count). The molecule has 1 heterocycles. The van der Waals surface area contributed by atoms with Crippen molar-refractivity contribution in [2.24, 2.45) is 0 Å². The number of carbonyl (C=O) groups is 1. The summed E-state index contributed by atoms with van der Waals surface area (Å²) >= 11 is 0. The minimum atomic E-state index is -0.583. The molecule has 0 spiro atoms. The number of hydrogen-bond donors (Lipinski definition) is 2. The molecule has 0 aromatic heterocycles. The van der Waals surface area contributed by atoms with Crippen molar-refractivity contribution >= 4 is 5.91 Å². The van der Waals surface area contributed by atoms with Gasteiger partial charge in [0.2, 0.25) is 0 Å².